The van der Waals surface area contributed by atoms with Crippen molar-refractivity contribution in [3.05, 3.63) is 56.0 Å². The molecule has 0 amide bonds. The number of aryl methyl sites for hydroxylation is 1. The molecule has 126 valence electrons. The first kappa shape index (κ1) is 19.3. The van der Waals surface area contributed by atoms with E-state index in [0.717, 1.165) is 37.2 Å². The van der Waals surface area contributed by atoms with Gasteiger partial charge in [0.2, 0.25) is 5.13 Å². The lowest BCUT2D eigenvalue weighted by atomic mass is 10.1. The summed E-state index contributed by atoms with van der Waals surface area (Å²) >= 11 is 6.70. The summed E-state index contributed by atoms with van der Waals surface area (Å²) in [4.78, 5) is 5.74. The van der Waals surface area contributed by atoms with Crippen LogP contribution in [0.4, 0.5) is 5.13 Å². The Hall–Kier alpha value is -1.02. The monoisotopic (exact) mass is 485 g/mol. The molecule has 2 heterocycles. The predicted octanol–water partition coefficient (Wildman–Crippen LogP) is 6.61. The van der Waals surface area contributed by atoms with Crippen LogP contribution in [0.2, 0.25) is 0 Å². The second-order valence-electron chi connectivity index (χ2n) is 5.00. The van der Waals surface area contributed by atoms with E-state index in [1.807, 2.05) is 13.0 Å². The van der Waals surface area contributed by atoms with Gasteiger partial charge in [-0.05, 0) is 47.0 Å². The van der Waals surface area contributed by atoms with E-state index in [9.17, 15) is 0 Å². The molecule has 0 atom stereocenters. The molecule has 7 heteroatoms. The average molecular weight is 487 g/mol. The van der Waals surface area contributed by atoms with Crippen LogP contribution < -0.4 is 5.43 Å². The van der Waals surface area contributed by atoms with E-state index in [0.29, 0.717) is 0 Å². The second-order valence-corrected chi connectivity index (χ2v) is 8.32. The van der Waals surface area contributed by atoms with Crippen molar-refractivity contribution in [2.75, 3.05) is 5.43 Å². The molecule has 0 radical (unpaired) electrons. The maximum Gasteiger partial charge on any atom is 0.203 e. The Morgan fingerprint density at radius 2 is 1.96 bits per heavy atom. The summed E-state index contributed by atoms with van der Waals surface area (Å²) in [6.07, 6.45) is 1.05. The van der Waals surface area contributed by atoms with Crippen molar-refractivity contribution < 1.29 is 0 Å². The first-order valence-corrected chi connectivity index (χ1v) is 9.75. The molecule has 0 saturated heterocycles. The number of hydrogen-bond donors (Lipinski definition) is 1. The Balaban J connectivity index is 0.00000208. The number of aromatic nitrogens is 1. The maximum absolute atomic E-state index is 4.60. The molecule has 0 aliphatic carbocycles. The van der Waals surface area contributed by atoms with Crippen molar-refractivity contribution in [2.24, 2.45) is 5.10 Å². The lowest BCUT2D eigenvalue weighted by molar-refractivity contribution is 1.14. The van der Waals surface area contributed by atoms with Gasteiger partial charge in [0.05, 0.1) is 20.1 Å². The van der Waals surface area contributed by atoms with Crippen molar-refractivity contribution >= 4 is 66.4 Å². The topological polar surface area (TPSA) is 37.3 Å². The molecule has 0 fully saturated rings. The fourth-order valence-electron chi connectivity index (χ4n) is 2.06. The molecular formula is C17H17Br2N3S2. The largest absolute Gasteiger partial charge is 0.252 e. The minimum absolute atomic E-state index is 0. The fraction of sp³-hybridized carbons (Fsp3) is 0.176. The van der Waals surface area contributed by atoms with Crippen molar-refractivity contribution in [1.82, 2.24) is 4.98 Å². The van der Waals surface area contributed by atoms with Gasteiger partial charge >= 0.3 is 0 Å². The SMILES string of the molecule is Br.CCc1ccc(-c2csc(NN=C(C)c3ccc(Br)s3)n2)cc1. The highest BCUT2D eigenvalue weighted by Gasteiger charge is 2.05. The number of nitrogens with zero attached hydrogens (tertiary/aromatic N) is 2. The molecular weight excluding hydrogens is 470 g/mol. The summed E-state index contributed by atoms with van der Waals surface area (Å²) < 4.78 is 1.11. The van der Waals surface area contributed by atoms with E-state index < -0.39 is 0 Å². The lowest BCUT2D eigenvalue weighted by Gasteiger charge is -1.99. The van der Waals surface area contributed by atoms with Gasteiger partial charge in [0, 0.05) is 10.9 Å². The highest BCUT2D eigenvalue weighted by Crippen LogP contribution is 2.26. The molecule has 1 aromatic carbocycles. The fourth-order valence-corrected chi connectivity index (χ4v) is 4.06. The molecule has 0 bridgehead atoms. The van der Waals surface area contributed by atoms with E-state index in [2.05, 4.69) is 74.1 Å². The lowest BCUT2D eigenvalue weighted by Crippen LogP contribution is -1.96. The Morgan fingerprint density at radius 1 is 1.21 bits per heavy atom. The molecule has 3 nitrogen and oxygen atoms in total. The van der Waals surface area contributed by atoms with Crippen LogP contribution in [0.3, 0.4) is 0 Å². The maximum atomic E-state index is 4.60. The van der Waals surface area contributed by atoms with Crippen LogP contribution >= 0.6 is 55.6 Å². The first-order chi connectivity index (χ1) is 11.2. The standard InChI is InChI=1S/C17H16BrN3S2.BrH/c1-3-12-4-6-13(7-5-12)14-10-22-17(19-14)21-20-11(2)15-8-9-16(18)23-15;/h4-10H,3H2,1-2H3,(H,19,21);1H. The van der Waals surface area contributed by atoms with Crippen molar-refractivity contribution in [3.8, 4) is 11.3 Å². The molecule has 0 saturated carbocycles. The van der Waals surface area contributed by atoms with Gasteiger partial charge in [-0.1, -0.05) is 31.2 Å². The number of nitrogens with one attached hydrogen (secondary N) is 1. The number of hydrogen-bond acceptors (Lipinski definition) is 5. The average Bonchev–Trinajstić information content (AvgIpc) is 3.22. The molecule has 24 heavy (non-hydrogen) atoms. The van der Waals surface area contributed by atoms with Gasteiger partial charge in [-0.25, -0.2) is 4.98 Å². The number of benzene rings is 1. The van der Waals surface area contributed by atoms with Crippen molar-refractivity contribution in [1.29, 1.82) is 0 Å². The zero-order chi connectivity index (χ0) is 16.2. The summed E-state index contributed by atoms with van der Waals surface area (Å²) in [5.74, 6) is 0. The molecule has 0 aliphatic heterocycles. The Morgan fingerprint density at radius 3 is 2.58 bits per heavy atom. The van der Waals surface area contributed by atoms with Crippen LogP contribution in [0.25, 0.3) is 11.3 Å². The number of thiophene rings is 1. The zero-order valence-corrected chi connectivity index (χ0v) is 18.2. The van der Waals surface area contributed by atoms with E-state index in [4.69, 9.17) is 0 Å². The summed E-state index contributed by atoms with van der Waals surface area (Å²) in [6.45, 7) is 4.15. The Bertz CT molecular complexity index is 822. The third-order valence-corrected chi connectivity index (χ3v) is 5.89. The molecule has 2 aromatic heterocycles. The van der Waals surface area contributed by atoms with Crippen LogP contribution in [-0.4, -0.2) is 10.7 Å². The van der Waals surface area contributed by atoms with E-state index >= 15 is 0 Å². The summed E-state index contributed by atoms with van der Waals surface area (Å²) in [7, 11) is 0. The quantitative estimate of drug-likeness (QED) is 0.325. The highest BCUT2D eigenvalue weighted by molar-refractivity contribution is 9.11. The molecule has 0 unspecified atom stereocenters. The third-order valence-electron chi connectivity index (χ3n) is 3.41. The molecule has 0 spiro atoms. The molecule has 0 aliphatic rings. The zero-order valence-electron chi connectivity index (χ0n) is 13.2. The minimum Gasteiger partial charge on any atom is -0.252 e. The number of halogens is 2. The molecule has 3 aromatic rings. The number of anilines is 1. The molecule has 3 rings (SSSR count). The van der Waals surface area contributed by atoms with Gasteiger partial charge in [0.25, 0.3) is 0 Å². The molecule has 1 N–H and O–H groups in total. The van der Waals surface area contributed by atoms with Crippen LogP contribution in [0.1, 0.15) is 24.3 Å². The summed E-state index contributed by atoms with van der Waals surface area (Å²) in [5.41, 5.74) is 7.45. The number of rotatable bonds is 5. The minimum atomic E-state index is 0. The smallest absolute Gasteiger partial charge is 0.203 e. The Labute approximate surface area is 168 Å². The van der Waals surface area contributed by atoms with Gasteiger partial charge in [0.1, 0.15) is 0 Å². The predicted molar refractivity (Wildman–Crippen MR) is 115 cm³/mol. The van der Waals surface area contributed by atoms with Crippen LogP contribution in [0, 0.1) is 0 Å². The second kappa shape index (κ2) is 8.89. The van der Waals surface area contributed by atoms with Crippen molar-refractivity contribution in [2.45, 2.75) is 20.3 Å². The van der Waals surface area contributed by atoms with Crippen LogP contribution in [0.5, 0.6) is 0 Å². The van der Waals surface area contributed by atoms with Crippen molar-refractivity contribution in [3.63, 3.8) is 0 Å². The van der Waals surface area contributed by atoms with E-state index in [1.165, 1.54) is 5.56 Å². The van der Waals surface area contributed by atoms with Gasteiger partial charge in [-0.2, -0.15) is 5.10 Å². The number of hydrazone groups is 1. The number of thiazole rings is 1. The van der Waals surface area contributed by atoms with Crippen LogP contribution in [-0.2, 0) is 6.42 Å². The normalized spacial score (nSPS) is 11.2. The van der Waals surface area contributed by atoms with E-state index in [-0.39, 0.29) is 17.0 Å². The third kappa shape index (κ3) is 4.75. The van der Waals surface area contributed by atoms with Gasteiger partial charge in [-0.3, -0.25) is 5.43 Å². The first-order valence-electron chi connectivity index (χ1n) is 7.26. The van der Waals surface area contributed by atoms with Crippen LogP contribution in [0.15, 0.2) is 50.7 Å². The summed E-state index contributed by atoms with van der Waals surface area (Å²) in [6, 6.07) is 12.6. The summed E-state index contributed by atoms with van der Waals surface area (Å²) in [5, 5.41) is 7.27. The van der Waals surface area contributed by atoms with E-state index in [1.54, 1.807) is 22.7 Å². The highest BCUT2D eigenvalue weighted by atomic mass is 79.9. The van der Waals surface area contributed by atoms with Gasteiger partial charge < -0.3 is 0 Å². The van der Waals surface area contributed by atoms with Gasteiger partial charge in [-0.15, -0.1) is 39.7 Å². The van der Waals surface area contributed by atoms with Gasteiger partial charge in [0.15, 0.2) is 0 Å². The Kier molecular flexibility index (Phi) is 7.16.